The van der Waals surface area contributed by atoms with Crippen LogP contribution in [0, 0.1) is 5.82 Å². The lowest BCUT2D eigenvalue weighted by Crippen LogP contribution is -2.37. The van der Waals surface area contributed by atoms with Gasteiger partial charge in [-0.2, -0.15) is 0 Å². The molecule has 0 saturated carbocycles. The van der Waals surface area contributed by atoms with E-state index < -0.39 is 0 Å². The maximum atomic E-state index is 13.7. The van der Waals surface area contributed by atoms with Crippen molar-refractivity contribution in [2.24, 2.45) is 0 Å². The Morgan fingerprint density at radius 2 is 2.33 bits per heavy atom. The molecular weight excluding hydrogens is 251 g/mol. The highest BCUT2D eigenvalue weighted by atomic mass is 35.5. The Bertz CT molecular complexity index is 371. The Labute approximate surface area is 113 Å². The van der Waals surface area contributed by atoms with E-state index in [1.165, 1.54) is 18.9 Å². The standard InChI is InChI=1S/C14H20ClFN2/c1-2-18(9-11-5-4-8-17-11)10-12-13(15)6-3-7-14(12)16/h3,6-7,11,17H,2,4-5,8-10H2,1H3. The van der Waals surface area contributed by atoms with E-state index in [-0.39, 0.29) is 5.82 Å². The lowest BCUT2D eigenvalue weighted by atomic mass is 10.1. The van der Waals surface area contributed by atoms with Crippen LogP contribution in [0.5, 0.6) is 0 Å². The minimum absolute atomic E-state index is 0.208. The van der Waals surface area contributed by atoms with E-state index >= 15 is 0 Å². The average molecular weight is 271 g/mol. The Morgan fingerprint density at radius 3 is 2.94 bits per heavy atom. The largest absolute Gasteiger partial charge is 0.313 e. The van der Waals surface area contributed by atoms with E-state index in [2.05, 4.69) is 17.1 Å². The van der Waals surface area contributed by atoms with Crippen molar-refractivity contribution in [1.29, 1.82) is 0 Å². The molecule has 2 nitrogen and oxygen atoms in total. The monoisotopic (exact) mass is 270 g/mol. The van der Waals surface area contributed by atoms with Crippen molar-refractivity contribution < 1.29 is 4.39 Å². The second-order valence-electron chi connectivity index (χ2n) is 4.82. The fourth-order valence-corrected chi connectivity index (χ4v) is 2.66. The third kappa shape index (κ3) is 3.44. The summed E-state index contributed by atoms with van der Waals surface area (Å²) in [5.41, 5.74) is 0.610. The highest BCUT2D eigenvalue weighted by Gasteiger charge is 2.18. The first-order valence-corrected chi connectivity index (χ1v) is 6.97. The van der Waals surface area contributed by atoms with Crippen LogP contribution in [0.25, 0.3) is 0 Å². The minimum atomic E-state index is -0.208. The van der Waals surface area contributed by atoms with Gasteiger partial charge in [0.05, 0.1) is 0 Å². The van der Waals surface area contributed by atoms with E-state index in [4.69, 9.17) is 11.6 Å². The van der Waals surface area contributed by atoms with Crippen molar-refractivity contribution in [3.8, 4) is 0 Å². The maximum Gasteiger partial charge on any atom is 0.129 e. The summed E-state index contributed by atoms with van der Waals surface area (Å²) in [6.07, 6.45) is 2.45. The molecule has 1 N–H and O–H groups in total. The van der Waals surface area contributed by atoms with Crippen molar-refractivity contribution in [3.63, 3.8) is 0 Å². The zero-order chi connectivity index (χ0) is 13.0. The molecule has 100 valence electrons. The van der Waals surface area contributed by atoms with Gasteiger partial charge >= 0.3 is 0 Å². The minimum Gasteiger partial charge on any atom is -0.313 e. The molecule has 18 heavy (non-hydrogen) atoms. The van der Waals surface area contributed by atoms with Crippen LogP contribution in [0.1, 0.15) is 25.3 Å². The predicted molar refractivity (Wildman–Crippen MR) is 73.4 cm³/mol. The van der Waals surface area contributed by atoms with Crippen LogP contribution in [0.2, 0.25) is 5.02 Å². The van der Waals surface area contributed by atoms with Crippen LogP contribution in [0.3, 0.4) is 0 Å². The van der Waals surface area contributed by atoms with Crippen LogP contribution < -0.4 is 5.32 Å². The van der Waals surface area contributed by atoms with E-state index in [0.29, 0.717) is 23.2 Å². The molecule has 0 aliphatic carbocycles. The van der Waals surface area contributed by atoms with Crippen molar-refractivity contribution in [2.45, 2.75) is 32.4 Å². The molecule has 1 aromatic rings. The molecule has 1 aromatic carbocycles. The van der Waals surface area contributed by atoms with E-state index in [1.54, 1.807) is 12.1 Å². The normalized spacial score (nSPS) is 19.7. The van der Waals surface area contributed by atoms with Crippen LogP contribution in [-0.2, 0) is 6.54 Å². The van der Waals surface area contributed by atoms with Gasteiger partial charge in [0.15, 0.2) is 0 Å². The van der Waals surface area contributed by atoms with Crippen molar-refractivity contribution >= 4 is 11.6 Å². The van der Waals surface area contributed by atoms with Crippen molar-refractivity contribution in [1.82, 2.24) is 10.2 Å². The lowest BCUT2D eigenvalue weighted by molar-refractivity contribution is 0.250. The second kappa shape index (κ2) is 6.50. The molecule has 1 heterocycles. The molecule has 0 radical (unpaired) electrons. The van der Waals surface area contributed by atoms with Gasteiger partial charge in [0, 0.05) is 29.7 Å². The zero-order valence-electron chi connectivity index (χ0n) is 10.8. The number of likely N-dealkylation sites (N-methyl/N-ethyl adjacent to an activating group) is 1. The highest BCUT2D eigenvalue weighted by molar-refractivity contribution is 6.31. The molecule has 0 aromatic heterocycles. The zero-order valence-corrected chi connectivity index (χ0v) is 11.5. The second-order valence-corrected chi connectivity index (χ2v) is 5.23. The molecule has 1 aliphatic heterocycles. The van der Waals surface area contributed by atoms with Gasteiger partial charge in [0.2, 0.25) is 0 Å². The number of hydrogen-bond donors (Lipinski definition) is 1. The Balaban J connectivity index is 2.00. The Morgan fingerprint density at radius 1 is 1.50 bits per heavy atom. The van der Waals surface area contributed by atoms with E-state index in [9.17, 15) is 4.39 Å². The number of hydrogen-bond acceptors (Lipinski definition) is 2. The first-order valence-electron chi connectivity index (χ1n) is 6.59. The van der Waals surface area contributed by atoms with Gasteiger partial charge < -0.3 is 5.32 Å². The molecule has 1 atom stereocenters. The summed E-state index contributed by atoms with van der Waals surface area (Å²) in [5, 5.41) is 3.99. The molecular formula is C14H20ClFN2. The molecule has 1 fully saturated rings. The SMILES string of the molecule is CCN(Cc1c(F)cccc1Cl)CC1CCCN1. The quantitative estimate of drug-likeness (QED) is 0.885. The van der Waals surface area contributed by atoms with Crippen LogP contribution in [-0.4, -0.2) is 30.6 Å². The number of nitrogens with one attached hydrogen (secondary N) is 1. The summed E-state index contributed by atoms with van der Waals surface area (Å²) in [6.45, 7) is 5.65. The molecule has 0 amide bonds. The van der Waals surface area contributed by atoms with Gasteiger partial charge in [-0.25, -0.2) is 4.39 Å². The summed E-state index contributed by atoms with van der Waals surface area (Å²) < 4.78 is 13.7. The topological polar surface area (TPSA) is 15.3 Å². The highest BCUT2D eigenvalue weighted by Crippen LogP contribution is 2.21. The Hall–Kier alpha value is -0.640. The number of nitrogens with zero attached hydrogens (tertiary/aromatic N) is 1. The summed E-state index contributed by atoms with van der Waals surface area (Å²) in [6, 6.07) is 5.41. The lowest BCUT2D eigenvalue weighted by Gasteiger charge is -2.24. The van der Waals surface area contributed by atoms with E-state index in [0.717, 1.165) is 19.6 Å². The Kier molecular flexibility index (Phi) is 4.98. The number of benzene rings is 1. The third-order valence-electron chi connectivity index (χ3n) is 3.53. The average Bonchev–Trinajstić information content (AvgIpc) is 2.85. The predicted octanol–water partition coefficient (Wildman–Crippen LogP) is 3.05. The molecule has 2 rings (SSSR count). The van der Waals surface area contributed by atoms with Gasteiger partial charge in [-0.15, -0.1) is 0 Å². The van der Waals surface area contributed by atoms with Gasteiger partial charge in [0.1, 0.15) is 5.82 Å². The maximum absolute atomic E-state index is 13.7. The van der Waals surface area contributed by atoms with Gasteiger partial charge in [-0.1, -0.05) is 24.6 Å². The first-order chi connectivity index (χ1) is 8.70. The summed E-state index contributed by atoms with van der Waals surface area (Å²) >= 11 is 6.06. The summed E-state index contributed by atoms with van der Waals surface area (Å²) in [5.74, 6) is -0.208. The summed E-state index contributed by atoms with van der Waals surface area (Å²) in [4.78, 5) is 2.24. The van der Waals surface area contributed by atoms with Gasteiger partial charge in [0.25, 0.3) is 0 Å². The van der Waals surface area contributed by atoms with Crippen molar-refractivity contribution in [3.05, 3.63) is 34.6 Å². The fourth-order valence-electron chi connectivity index (χ4n) is 2.44. The molecule has 1 aliphatic rings. The van der Waals surface area contributed by atoms with Crippen LogP contribution in [0.4, 0.5) is 4.39 Å². The van der Waals surface area contributed by atoms with E-state index in [1.807, 2.05) is 0 Å². The molecule has 4 heteroatoms. The smallest absolute Gasteiger partial charge is 0.129 e. The molecule has 1 saturated heterocycles. The third-order valence-corrected chi connectivity index (χ3v) is 3.89. The number of rotatable bonds is 5. The van der Waals surface area contributed by atoms with Gasteiger partial charge in [-0.3, -0.25) is 4.90 Å². The fraction of sp³-hybridized carbons (Fsp3) is 0.571. The van der Waals surface area contributed by atoms with Crippen molar-refractivity contribution in [2.75, 3.05) is 19.6 Å². The van der Waals surface area contributed by atoms with Gasteiger partial charge in [-0.05, 0) is 38.1 Å². The summed E-state index contributed by atoms with van der Waals surface area (Å²) in [7, 11) is 0. The molecule has 0 bridgehead atoms. The molecule has 0 spiro atoms. The molecule has 1 unspecified atom stereocenters. The first kappa shape index (κ1) is 13.8. The van der Waals surface area contributed by atoms with Crippen LogP contribution >= 0.6 is 11.6 Å². The number of halogens is 2. The van der Waals surface area contributed by atoms with Crippen LogP contribution in [0.15, 0.2) is 18.2 Å².